The first kappa shape index (κ1) is 25.2. The van der Waals surface area contributed by atoms with Gasteiger partial charge in [-0.1, -0.05) is 30.7 Å². The number of imide groups is 1. The molecule has 1 aliphatic rings. The van der Waals surface area contributed by atoms with Gasteiger partial charge in [-0.05, 0) is 60.2 Å². The lowest BCUT2D eigenvalue weighted by Gasteiger charge is -2.24. The van der Waals surface area contributed by atoms with Crippen LogP contribution in [0.15, 0.2) is 42.5 Å². The lowest BCUT2D eigenvalue weighted by molar-refractivity contribution is -0.148. The molecule has 2 aromatic rings. The van der Waals surface area contributed by atoms with Crippen LogP contribution in [0.1, 0.15) is 47.2 Å². The van der Waals surface area contributed by atoms with E-state index in [1.54, 1.807) is 30.3 Å². The molecule has 0 bridgehead atoms. The van der Waals surface area contributed by atoms with Crippen LogP contribution in [0.2, 0.25) is 5.02 Å². The average molecular weight is 487 g/mol. The fourth-order valence-corrected chi connectivity index (χ4v) is 4.30. The molecule has 1 aliphatic heterocycles. The second-order valence-electron chi connectivity index (χ2n) is 8.22. The lowest BCUT2D eigenvalue weighted by atomic mass is 9.91. The third kappa shape index (κ3) is 5.94. The van der Waals surface area contributed by atoms with E-state index in [9.17, 15) is 24.3 Å². The number of ether oxygens (including phenoxy) is 1. The van der Waals surface area contributed by atoms with Gasteiger partial charge in [-0.3, -0.25) is 19.3 Å². The van der Waals surface area contributed by atoms with Crippen LogP contribution in [0.5, 0.6) is 5.75 Å². The van der Waals surface area contributed by atoms with Crippen molar-refractivity contribution < 1.29 is 29.0 Å². The molecule has 2 N–H and O–H groups in total. The Morgan fingerprint density at radius 2 is 2.00 bits per heavy atom. The smallest absolute Gasteiger partial charge is 0.335 e. The minimum atomic E-state index is -1.05. The van der Waals surface area contributed by atoms with E-state index in [0.29, 0.717) is 28.3 Å². The van der Waals surface area contributed by atoms with E-state index in [-0.39, 0.29) is 37.4 Å². The molecule has 2 atom stereocenters. The predicted molar refractivity (Wildman–Crippen MR) is 126 cm³/mol. The summed E-state index contributed by atoms with van der Waals surface area (Å²) in [7, 11) is 1.52. The molecule has 34 heavy (non-hydrogen) atoms. The summed E-state index contributed by atoms with van der Waals surface area (Å²) in [6, 6.07) is 11.5. The summed E-state index contributed by atoms with van der Waals surface area (Å²) in [5.74, 6) is -2.78. The molecular formula is C25H27ClN2O6. The molecule has 1 unspecified atom stereocenters. The first-order chi connectivity index (χ1) is 16.2. The van der Waals surface area contributed by atoms with Gasteiger partial charge in [0.1, 0.15) is 12.3 Å². The summed E-state index contributed by atoms with van der Waals surface area (Å²) in [5.41, 5.74) is 1.53. The van der Waals surface area contributed by atoms with Crippen LogP contribution in [-0.4, -0.2) is 53.9 Å². The monoisotopic (exact) mass is 486 g/mol. The number of benzene rings is 2. The van der Waals surface area contributed by atoms with Crippen LogP contribution in [0.3, 0.4) is 0 Å². The molecule has 0 spiro atoms. The van der Waals surface area contributed by atoms with Crippen molar-refractivity contribution >= 4 is 35.3 Å². The number of carboxylic acid groups (broad SMARTS) is 1. The molecule has 0 radical (unpaired) electrons. The van der Waals surface area contributed by atoms with Gasteiger partial charge in [0.15, 0.2) is 0 Å². The molecule has 0 aliphatic carbocycles. The van der Waals surface area contributed by atoms with Crippen molar-refractivity contribution in [3.63, 3.8) is 0 Å². The van der Waals surface area contributed by atoms with E-state index in [0.717, 1.165) is 4.90 Å². The number of nitrogens with one attached hydrogen (secondary N) is 1. The second-order valence-corrected chi connectivity index (χ2v) is 8.66. The van der Waals surface area contributed by atoms with Crippen molar-refractivity contribution in [3.8, 4) is 5.75 Å². The Kier molecular flexibility index (Phi) is 8.28. The van der Waals surface area contributed by atoms with Gasteiger partial charge in [0.05, 0.1) is 18.6 Å². The van der Waals surface area contributed by atoms with Crippen molar-refractivity contribution in [3.05, 3.63) is 64.2 Å². The highest BCUT2D eigenvalue weighted by Crippen LogP contribution is 2.28. The predicted octanol–water partition coefficient (Wildman–Crippen LogP) is 3.27. The summed E-state index contributed by atoms with van der Waals surface area (Å²) in [4.78, 5) is 51.2. The normalized spacial score (nSPS) is 17.0. The average Bonchev–Trinajstić information content (AvgIpc) is 2.96. The standard InChI is InChI=1S/C25H27ClN2O6/c1-3-15(16-5-4-6-17(9-16)25(32)33)12-23(30)28-14-22(29)27-13-19(24(28)31)10-18-11-20(26)7-8-21(18)34-2/h4-9,11,15,19H,3,10,12-14H2,1-2H3,(H,27,29)(H,32,33)/t15-,19?/m0/s1. The van der Waals surface area contributed by atoms with Crippen LogP contribution in [0.25, 0.3) is 0 Å². The van der Waals surface area contributed by atoms with Gasteiger partial charge in [-0.25, -0.2) is 4.79 Å². The minimum absolute atomic E-state index is 0.0220. The van der Waals surface area contributed by atoms with E-state index in [1.165, 1.54) is 19.2 Å². The number of rotatable bonds is 8. The Morgan fingerprint density at radius 3 is 2.68 bits per heavy atom. The fourth-order valence-electron chi connectivity index (χ4n) is 4.11. The van der Waals surface area contributed by atoms with Gasteiger partial charge in [-0.2, -0.15) is 0 Å². The van der Waals surface area contributed by atoms with Gasteiger partial charge >= 0.3 is 5.97 Å². The molecule has 8 nitrogen and oxygen atoms in total. The highest BCUT2D eigenvalue weighted by molar-refractivity contribution is 6.30. The highest BCUT2D eigenvalue weighted by atomic mass is 35.5. The van der Waals surface area contributed by atoms with E-state index in [1.807, 2.05) is 6.92 Å². The van der Waals surface area contributed by atoms with E-state index in [4.69, 9.17) is 16.3 Å². The number of halogens is 1. The van der Waals surface area contributed by atoms with Crippen LogP contribution < -0.4 is 10.1 Å². The fraction of sp³-hybridized carbons (Fsp3) is 0.360. The maximum Gasteiger partial charge on any atom is 0.335 e. The summed E-state index contributed by atoms with van der Waals surface area (Å²) in [5, 5.41) is 12.5. The molecule has 3 amide bonds. The second kappa shape index (κ2) is 11.2. The van der Waals surface area contributed by atoms with E-state index in [2.05, 4.69) is 5.32 Å². The Bertz CT molecular complexity index is 1100. The summed E-state index contributed by atoms with van der Waals surface area (Å²) in [6.07, 6.45) is 0.780. The number of carbonyl (C=O) groups excluding carboxylic acids is 3. The summed E-state index contributed by atoms with van der Waals surface area (Å²) < 4.78 is 5.37. The number of carboxylic acids is 1. The van der Waals surface area contributed by atoms with Crippen molar-refractivity contribution in [1.82, 2.24) is 10.2 Å². The van der Waals surface area contributed by atoms with Crippen molar-refractivity contribution in [2.75, 3.05) is 20.2 Å². The van der Waals surface area contributed by atoms with Crippen LogP contribution in [0, 0.1) is 5.92 Å². The Balaban J connectivity index is 1.81. The maximum absolute atomic E-state index is 13.3. The molecule has 9 heteroatoms. The molecular weight excluding hydrogens is 460 g/mol. The number of methoxy groups -OCH3 is 1. The zero-order valence-electron chi connectivity index (χ0n) is 19.0. The molecule has 1 saturated heterocycles. The van der Waals surface area contributed by atoms with Gasteiger partial charge in [-0.15, -0.1) is 0 Å². The first-order valence-corrected chi connectivity index (χ1v) is 11.4. The molecule has 2 aromatic carbocycles. The number of nitrogens with zero attached hydrogens (tertiary/aromatic N) is 1. The zero-order valence-corrected chi connectivity index (χ0v) is 19.8. The van der Waals surface area contributed by atoms with Gasteiger partial charge in [0.2, 0.25) is 17.7 Å². The molecule has 3 rings (SSSR count). The topological polar surface area (TPSA) is 113 Å². The Labute approximate surface area is 202 Å². The first-order valence-electron chi connectivity index (χ1n) is 11.0. The number of aromatic carboxylic acids is 1. The number of carbonyl (C=O) groups is 4. The van der Waals surface area contributed by atoms with Gasteiger partial charge < -0.3 is 15.2 Å². The Morgan fingerprint density at radius 1 is 1.24 bits per heavy atom. The Hall–Kier alpha value is -3.39. The van der Waals surface area contributed by atoms with Crippen molar-refractivity contribution in [2.45, 2.75) is 32.1 Å². The van der Waals surface area contributed by atoms with Crippen molar-refractivity contribution in [1.29, 1.82) is 0 Å². The van der Waals surface area contributed by atoms with Crippen LogP contribution >= 0.6 is 11.6 Å². The highest BCUT2D eigenvalue weighted by Gasteiger charge is 2.35. The van der Waals surface area contributed by atoms with Crippen molar-refractivity contribution in [2.24, 2.45) is 5.92 Å². The van der Waals surface area contributed by atoms with E-state index >= 15 is 0 Å². The van der Waals surface area contributed by atoms with Crippen LogP contribution in [-0.2, 0) is 20.8 Å². The van der Waals surface area contributed by atoms with Gasteiger partial charge in [0.25, 0.3) is 0 Å². The zero-order chi connectivity index (χ0) is 24.8. The molecule has 0 aromatic heterocycles. The molecule has 1 heterocycles. The third-order valence-corrected chi connectivity index (χ3v) is 6.23. The minimum Gasteiger partial charge on any atom is -0.496 e. The largest absolute Gasteiger partial charge is 0.496 e. The van der Waals surface area contributed by atoms with Gasteiger partial charge in [0, 0.05) is 18.0 Å². The maximum atomic E-state index is 13.3. The molecule has 180 valence electrons. The van der Waals surface area contributed by atoms with Crippen LogP contribution in [0.4, 0.5) is 0 Å². The molecule has 1 fully saturated rings. The summed E-state index contributed by atoms with van der Waals surface area (Å²) in [6.45, 7) is 1.62. The number of amides is 3. The molecule has 0 saturated carbocycles. The SMILES string of the molecule is CC[C@@H](CC(=O)N1CC(=O)NCC(Cc2cc(Cl)ccc2OC)C1=O)c1cccc(C(=O)O)c1. The quantitative estimate of drug-likeness (QED) is 0.592. The lowest BCUT2D eigenvalue weighted by Crippen LogP contribution is -2.43. The number of hydrogen-bond acceptors (Lipinski definition) is 5. The number of hydrogen-bond donors (Lipinski definition) is 2. The van der Waals surface area contributed by atoms with E-state index < -0.39 is 29.6 Å². The third-order valence-electron chi connectivity index (χ3n) is 5.99. The summed E-state index contributed by atoms with van der Waals surface area (Å²) >= 11 is 6.11.